The van der Waals surface area contributed by atoms with Gasteiger partial charge in [0.1, 0.15) is 5.82 Å². The first kappa shape index (κ1) is 19.1. The number of halogens is 3. The predicted octanol–water partition coefficient (Wildman–Crippen LogP) is 4.23. The maximum atomic E-state index is 13.9. The van der Waals surface area contributed by atoms with Gasteiger partial charge in [0.25, 0.3) is 5.91 Å². The van der Waals surface area contributed by atoms with Crippen LogP contribution in [0.2, 0.25) is 0 Å². The van der Waals surface area contributed by atoms with Gasteiger partial charge in [-0.25, -0.2) is 9.18 Å². The average Bonchev–Trinajstić information content (AvgIpc) is 2.52. The lowest BCUT2D eigenvalue weighted by Crippen LogP contribution is -2.14. The molecule has 0 aliphatic heterocycles. The molecular formula is C16H10Br2FNO5. The monoisotopic (exact) mass is 473 g/mol. The van der Waals surface area contributed by atoms with Gasteiger partial charge >= 0.3 is 11.9 Å². The molecule has 0 radical (unpaired) electrons. The Kier molecular flexibility index (Phi) is 5.91. The fourth-order valence-corrected chi connectivity index (χ4v) is 3.22. The first-order chi connectivity index (χ1) is 11.7. The number of carbonyl (C=O) groups excluding carboxylic acids is 2. The number of nitrogens with one attached hydrogen (secondary N) is 1. The summed E-state index contributed by atoms with van der Waals surface area (Å²) in [5.74, 6) is -3.09. The van der Waals surface area contributed by atoms with Crippen LogP contribution >= 0.6 is 31.9 Å². The van der Waals surface area contributed by atoms with Crippen LogP contribution in [0.15, 0.2) is 39.3 Å². The number of carboxylic acids is 1. The van der Waals surface area contributed by atoms with Crippen molar-refractivity contribution in [3.05, 3.63) is 56.2 Å². The van der Waals surface area contributed by atoms with Gasteiger partial charge in [0, 0.05) is 12.5 Å². The second kappa shape index (κ2) is 7.75. The van der Waals surface area contributed by atoms with Crippen molar-refractivity contribution in [3.8, 4) is 5.75 Å². The van der Waals surface area contributed by atoms with E-state index in [2.05, 4.69) is 37.2 Å². The molecule has 130 valence electrons. The quantitative estimate of drug-likeness (QED) is 0.511. The van der Waals surface area contributed by atoms with Crippen molar-refractivity contribution < 1.29 is 28.6 Å². The summed E-state index contributed by atoms with van der Waals surface area (Å²) in [7, 11) is 0. The molecule has 1 amide bonds. The molecule has 0 fully saturated rings. The van der Waals surface area contributed by atoms with Crippen molar-refractivity contribution >= 4 is 55.4 Å². The summed E-state index contributed by atoms with van der Waals surface area (Å²) in [6.07, 6.45) is 0. The maximum absolute atomic E-state index is 13.9. The number of rotatable bonds is 4. The molecule has 0 aromatic heterocycles. The normalized spacial score (nSPS) is 10.2. The van der Waals surface area contributed by atoms with E-state index < -0.39 is 23.7 Å². The Morgan fingerprint density at radius 3 is 2.16 bits per heavy atom. The minimum Gasteiger partial charge on any atom is -0.478 e. The number of carboxylic acid groups (broad SMARTS) is 1. The van der Waals surface area contributed by atoms with E-state index in [1.807, 2.05) is 0 Å². The zero-order valence-corrected chi connectivity index (χ0v) is 15.8. The summed E-state index contributed by atoms with van der Waals surface area (Å²) in [4.78, 5) is 34.1. The van der Waals surface area contributed by atoms with Gasteiger partial charge in [0.2, 0.25) is 0 Å². The largest absolute Gasteiger partial charge is 0.478 e. The molecule has 0 aliphatic carbocycles. The molecule has 0 atom stereocenters. The van der Waals surface area contributed by atoms with Gasteiger partial charge in [-0.2, -0.15) is 0 Å². The molecule has 0 bridgehead atoms. The maximum Gasteiger partial charge on any atom is 0.335 e. The molecule has 2 rings (SSSR count). The summed E-state index contributed by atoms with van der Waals surface area (Å²) in [5.41, 5.74) is -0.227. The molecule has 0 saturated heterocycles. The van der Waals surface area contributed by atoms with Crippen LogP contribution < -0.4 is 10.1 Å². The summed E-state index contributed by atoms with van der Waals surface area (Å²) in [6, 6.07) is 5.96. The fraction of sp³-hybridized carbons (Fsp3) is 0.0625. The summed E-state index contributed by atoms with van der Waals surface area (Å²) < 4.78 is 19.6. The third kappa shape index (κ3) is 4.64. The van der Waals surface area contributed by atoms with Gasteiger partial charge in [-0.05, 0) is 62.2 Å². The first-order valence-corrected chi connectivity index (χ1v) is 8.29. The fourth-order valence-electron chi connectivity index (χ4n) is 1.88. The van der Waals surface area contributed by atoms with E-state index in [0.29, 0.717) is 8.95 Å². The van der Waals surface area contributed by atoms with E-state index in [-0.39, 0.29) is 22.6 Å². The molecule has 9 heteroatoms. The lowest BCUT2D eigenvalue weighted by molar-refractivity contribution is -0.131. The van der Waals surface area contributed by atoms with Gasteiger partial charge in [0.05, 0.1) is 20.2 Å². The van der Waals surface area contributed by atoms with Crippen LogP contribution in [0.5, 0.6) is 5.75 Å². The highest BCUT2D eigenvalue weighted by molar-refractivity contribution is 9.11. The van der Waals surface area contributed by atoms with Gasteiger partial charge in [0.15, 0.2) is 5.75 Å². The first-order valence-electron chi connectivity index (χ1n) is 6.70. The van der Waals surface area contributed by atoms with E-state index in [1.54, 1.807) is 0 Å². The van der Waals surface area contributed by atoms with Crippen LogP contribution in [0.3, 0.4) is 0 Å². The van der Waals surface area contributed by atoms with Gasteiger partial charge in [-0.1, -0.05) is 0 Å². The van der Waals surface area contributed by atoms with E-state index in [9.17, 15) is 18.8 Å². The second-order valence-corrected chi connectivity index (χ2v) is 6.53. The minimum atomic E-state index is -1.27. The minimum absolute atomic E-state index is 0.161. The Balaban J connectivity index is 2.27. The van der Waals surface area contributed by atoms with Crippen molar-refractivity contribution in [3.63, 3.8) is 0 Å². The Labute approximate surface area is 158 Å². The molecule has 25 heavy (non-hydrogen) atoms. The van der Waals surface area contributed by atoms with E-state index >= 15 is 0 Å². The van der Waals surface area contributed by atoms with Crippen LogP contribution in [0.4, 0.5) is 10.1 Å². The average molecular weight is 475 g/mol. The highest BCUT2D eigenvalue weighted by Gasteiger charge is 2.17. The zero-order valence-electron chi connectivity index (χ0n) is 12.6. The van der Waals surface area contributed by atoms with Crippen molar-refractivity contribution in [2.24, 2.45) is 0 Å². The van der Waals surface area contributed by atoms with Gasteiger partial charge in [-0.15, -0.1) is 0 Å². The third-order valence-electron chi connectivity index (χ3n) is 2.97. The van der Waals surface area contributed by atoms with Crippen LogP contribution in [0, 0.1) is 5.82 Å². The smallest absolute Gasteiger partial charge is 0.335 e. The van der Waals surface area contributed by atoms with E-state index in [4.69, 9.17) is 9.84 Å². The lowest BCUT2D eigenvalue weighted by Gasteiger charge is -2.11. The summed E-state index contributed by atoms with van der Waals surface area (Å²) in [5, 5.41) is 11.2. The van der Waals surface area contributed by atoms with Crippen molar-refractivity contribution in [1.29, 1.82) is 0 Å². The summed E-state index contributed by atoms with van der Waals surface area (Å²) in [6.45, 7) is 1.24. The number of carbonyl (C=O) groups is 3. The zero-order chi connectivity index (χ0) is 18.7. The molecule has 0 heterocycles. The predicted molar refractivity (Wildman–Crippen MR) is 94.5 cm³/mol. The lowest BCUT2D eigenvalue weighted by atomic mass is 10.1. The van der Waals surface area contributed by atoms with E-state index in [1.165, 1.54) is 25.1 Å². The molecule has 0 unspecified atom stereocenters. The Morgan fingerprint density at radius 2 is 1.68 bits per heavy atom. The van der Waals surface area contributed by atoms with E-state index in [0.717, 1.165) is 12.1 Å². The van der Waals surface area contributed by atoms with Crippen molar-refractivity contribution in [2.45, 2.75) is 6.92 Å². The Morgan fingerprint density at radius 1 is 1.08 bits per heavy atom. The van der Waals surface area contributed by atoms with Gasteiger partial charge in [-0.3, -0.25) is 9.59 Å². The van der Waals surface area contributed by atoms with Crippen LogP contribution in [-0.4, -0.2) is 23.0 Å². The number of hydrogen-bond acceptors (Lipinski definition) is 4. The van der Waals surface area contributed by atoms with Crippen molar-refractivity contribution in [1.82, 2.24) is 0 Å². The molecular weight excluding hydrogens is 465 g/mol. The molecule has 2 aromatic carbocycles. The molecule has 0 spiro atoms. The number of anilines is 1. The molecule has 0 aliphatic rings. The molecule has 2 N–H and O–H groups in total. The molecule has 0 saturated carbocycles. The van der Waals surface area contributed by atoms with Crippen LogP contribution in [0.1, 0.15) is 27.6 Å². The highest BCUT2D eigenvalue weighted by atomic mass is 79.9. The SMILES string of the molecule is CC(=O)Oc1c(Br)cc(C(=O)Nc2ccc(C(=O)O)cc2F)cc1Br. The van der Waals surface area contributed by atoms with Crippen molar-refractivity contribution in [2.75, 3.05) is 5.32 Å². The number of amides is 1. The Bertz CT molecular complexity index is 862. The third-order valence-corrected chi connectivity index (χ3v) is 4.15. The Hall–Kier alpha value is -2.26. The van der Waals surface area contributed by atoms with Crippen LogP contribution in [-0.2, 0) is 4.79 Å². The van der Waals surface area contributed by atoms with Crippen LogP contribution in [0.25, 0.3) is 0 Å². The standard InChI is InChI=1S/C16H10Br2FNO5/c1-7(21)25-14-10(17)4-9(5-11(14)18)15(22)20-13-3-2-8(16(23)24)6-12(13)19/h2-6H,1H3,(H,20,22)(H,23,24). The molecule has 2 aromatic rings. The number of ether oxygens (including phenoxy) is 1. The topological polar surface area (TPSA) is 92.7 Å². The number of aromatic carboxylic acids is 1. The number of hydrogen-bond donors (Lipinski definition) is 2. The highest BCUT2D eigenvalue weighted by Crippen LogP contribution is 2.35. The van der Waals surface area contributed by atoms with Gasteiger partial charge < -0.3 is 15.2 Å². The molecule has 6 nitrogen and oxygen atoms in total. The summed E-state index contributed by atoms with van der Waals surface area (Å²) >= 11 is 6.39. The number of benzene rings is 2. The number of esters is 1. The second-order valence-electron chi connectivity index (χ2n) is 4.82.